The second-order valence-corrected chi connectivity index (χ2v) is 5.15. The number of alkyl halides is 3. The maximum absolute atomic E-state index is 12.9. The molecule has 1 aromatic heterocycles. The number of nitrogens with one attached hydrogen (secondary N) is 1. The molecule has 2 rings (SSSR count). The van der Waals surface area contributed by atoms with Crippen LogP contribution in [0.25, 0.3) is 0 Å². The molecule has 1 N–H and O–H groups in total. The second kappa shape index (κ2) is 6.28. The van der Waals surface area contributed by atoms with E-state index in [1.807, 2.05) is 0 Å². The molecule has 0 radical (unpaired) electrons. The molecule has 23 heavy (non-hydrogen) atoms. The number of aromatic nitrogens is 1. The Kier molecular flexibility index (Phi) is 4.58. The van der Waals surface area contributed by atoms with Crippen molar-refractivity contribution < 1.29 is 18.0 Å². The zero-order valence-electron chi connectivity index (χ0n) is 12.6. The van der Waals surface area contributed by atoms with E-state index in [0.717, 1.165) is 6.07 Å². The molecule has 4 nitrogen and oxygen atoms in total. The van der Waals surface area contributed by atoms with E-state index >= 15 is 0 Å². The lowest BCUT2D eigenvalue weighted by Gasteiger charge is -2.16. The van der Waals surface area contributed by atoms with Crippen LogP contribution in [0.3, 0.4) is 0 Å². The summed E-state index contributed by atoms with van der Waals surface area (Å²) in [6, 6.07) is 7.51. The summed E-state index contributed by atoms with van der Waals surface area (Å²) in [5, 5.41) is 2.28. The monoisotopic (exact) mass is 324 g/mol. The van der Waals surface area contributed by atoms with E-state index in [9.17, 15) is 22.8 Å². The van der Waals surface area contributed by atoms with Gasteiger partial charge < -0.3 is 9.88 Å². The number of para-hydroxylation sites is 1. The number of aryl methyl sites for hydroxylation is 2. The highest BCUT2D eigenvalue weighted by Crippen LogP contribution is 2.34. The van der Waals surface area contributed by atoms with Crippen LogP contribution in [0.5, 0.6) is 0 Å². The van der Waals surface area contributed by atoms with E-state index in [2.05, 4.69) is 5.32 Å². The number of carbonyl (C=O) groups excluding carboxylic acids is 1. The maximum Gasteiger partial charge on any atom is 0.418 e. The molecule has 7 heteroatoms. The van der Waals surface area contributed by atoms with Crippen LogP contribution >= 0.6 is 0 Å². The number of hydrogen-bond acceptors (Lipinski definition) is 2. The highest BCUT2D eigenvalue weighted by molar-refractivity contribution is 5.91. The first-order chi connectivity index (χ1) is 10.7. The molecule has 0 aliphatic carbocycles. The van der Waals surface area contributed by atoms with Crippen molar-refractivity contribution >= 4 is 11.6 Å². The van der Waals surface area contributed by atoms with Crippen LogP contribution in [0.15, 0.2) is 41.2 Å². The fourth-order valence-corrected chi connectivity index (χ4v) is 2.31. The number of pyridine rings is 1. The van der Waals surface area contributed by atoms with Gasteiger partial charge >= 0.3 is 6.18 Å². The minimum Gasteiger partial charge on any atom is -0.340 e. The van der Waals surface area contributed by atoms with Crippen molar-refractivity contribution in [3.8, 4) is 0 Å². The topological polar surface area (TPSA) is 51.1 Å². The number of amides is 1. The minimum atomic E-state index is -4.55. The van der Waals surface area contributed by atoms with Gasteiger partial charge in [0.15, 0.2) is 5.43 Å². The van der Waals surface area contributed by atoms with Crippen molar-refractivity contribution in [2.45, 2.75) is 26.6 Å². The maximum atomic E-state index is 12.9. The number of halogens is 3. The third kappa shape index (κ3) is 4.00. The zero-order chi connectivity index (χ0) is 17.2. The summed E-state index contributed by atoms with van der Waals surface area (Å²) in [6.45, 7) is 3.14. The Labute approximate surface area is 130 Å². The van der Waals surface area contributed by atoms with Gasteiger partial charge in [0.05, 0.1) is 11.3 Å². The number of carbonyl (C=O) groups is 1. The molecule has 0 spiro atoms. The summed E-state index contributed by atoms with van der Waals surface area (Å²) in [5.74, 6) is -0.600. The highest BCUT2D eigenvalue weighted by atomic mass is 19.4. The molecule has 122 valence electrons. The predicted octanol–water partition coefficient (Wildman–Crippen LogP) is 3.12. The summed E-state index contributed by atoms with van der Waals surface area (Å²) < 4.78 is 40.3. The highest BCUT2D eigenvalue weighted by Gasteiger charge is 2.33. The lowest BCUT2D eigenvalue weighted by Crippen LogP contribution is -2.24. The van der Waals surface area contributed by atoms with Gasteiger partial charge in [-0.2, -0.15) is 13.2 Å². The zero-order valence-corrected chi connectivity index (χ0v) is 12.6. The van der Waals surface area contributed by atoms with Crippen LogP contribution in [-0.4, -0.2) is 10.5 Å². The van der Waals surface area contributed by atoms with Gasteiger partial charge in [-0.1, -0.05) is 12.1 Å². The van der Waals surface area contributed by atoms with Crippen LogP contribution in [0.1, 0.15) is 17.0 Å². The van der Waals surface area contributed by atoms with Crippen molar-refractivity contribution in [2.24, 2.45) is 0 Å². The molecule has 0 unspecified atom stereocenters. The molecule has 0 fully saturated rings. The van der Waals surface area contributed by atoms with Crippen molar-refractivity contribution in [2.75, 3.05) is 5.32 Å². The van der Waals surface area contributed by atoms with E-state index < -0.39 is 17.6 Å². The number of hydrogen-bond donors (Lipinski definition) is 1. The first-order valence-corrected chi connectivity index (χ1v) is 6.82. The fourth-order valence-electron chi connectivity index (χ4n) is 2.31. The summed E-state index contributed by atoms with van der Waals surface area (Å²) >= 11 is 0. The van der Waals surface area contributed by atoms with Crippen LogP contribution in [0.4, 0.5) is 18.9 Å². The summed E-state index contributed by atoms with van der Waals surface area (Å²) in [4.78, 5) is 23.4. The normalized spacial score (nSPS) is 11.3. The van der Waals surface area contributed by atoms with Crippen LogP contribution in [-0.2, 0) is 17.5 Å². The number of nitrogens with zero attached hydrogens (tertiary/aromatic N) is 1. The Bertz CT molecular complexity index is 768. The molecule has 1 heterocycles. The Morgan fingerprint density at radius 3 is 2.26 bits per heavy atom. The second-order valence-electron chi connectivity index (χ2n) is 5.15. The van der Waals surface area contributed by atoms with Gasteiger partial charge in [-0.25, -0.2) is 0 Å². The van der Waals surface area contributed by atoms with E-state index in [-0.39, 0.29) is 17.7 Å². The van der Waals surface area contributed by atoms with Gasteiger partial charge in [0, 0.05) is 23.5 Å². The average Bonchev–Trinajstić information content (AvgIpc) is 2.42. The first-order valence-electron chi connectivity index (χ1n) is 6.82. The van der Waals surface area contributed by atoms with Gasteiger partial charge in [0.1, 0.15) is 6.54 Å². The van der Waals surface area contributed by atoms with Gasteiger partial charge in [-0.15, -0.1) is 0 Å². The number of anilines is 1. The molecular formula is C16H15F3N2O2. The molecule has 0 atom stereocenters. The molecule has 0 saturated carbocycles. The average molecular weight is 324 g/mol. The molecule has 2 aromatic rings. The molecule has 0 aliphatic heterocycles. The summed E-state index contributed by atoms with van der Waals surface area (Å²) in [6.07, 6.45) is -4.55. The lowest BCUT2D eigenvalue weighted by atomic mass is 10.1. The lowest BCUT2D eigenvalue weighted by molar-refractivity contribution is -0.137. The molecule has 1 aromatic carbocycles. The van der Waals surface area contributed by atoms with Crippen molar-refractivity contribution in [1.29, 1.82) is 0 Å². The third-order valence-corrected chi connectivity index (χ3v) is 3.36. The van der Waals surface area contributed by atoms with Crippen molar-refractivity contribution in [3.63, 3.8) is 0 Å². The Morgan fingerprint density at radius 2 is 1.70 bits per heavy atom. The predicted molar refractivity (Wildman–Crippen MR) is 80.2 cm³/mol. The first kappa shape index (κ1) is 16.8. The molecule has 0 saturated heterocycles. The number of benzene rings is 1. The fraction of sp³-hybridized carbons (Fsp3) is 0.250. The largest absolute Gasteiger partial charge is 0.418 e. The molecule has 1 amide bonds. The van der Waals surface area contributed by atoms with Gasteiger partial charge in [0.25, 0.3) is 0 Å². The van der Waals surface area contributed by atoms with Crippen LogP contribution < -0.4 is 10.7 Å². The molecule has 0 aliphatic rings. The smallest absolute Gasteiger partial charge is 0.340 e. The summed E-state index contributed by atoms with van der Waals surface area (Å²) in [7, 11) is 0. The van der Waals surface area contributed by atoms with E-state index in [4.69, 9.17) is 0 Å². The van der Waals surface area contributed by atoms with E-state index in [1.54, 1.807) is 18.4 Å². The SMILES string of the molecule is Cc1cc(=O)cc(C)n1CC(=O)Nc1ccccc1C(F)(F)F. The number of rotatable bonds is 3. The van der Waals surface area contributed by atoms with E-state index in [1.165, 1.54) is 30.3 Å². The van der Waals surface area contributed by atoms with Gasteiger partial charge in [-0.05, 0) is 26.0 Å². The van der Waals surface area contributed by atoms with Crippen molar-refractivity contribution in [1.82, 2.24) is 4.57 Å². The standard InChI is InChI=1S/C16H15F3N2O2/c1-10-7-12(22)8-11(2)21(10)9-15(23)20-14-6-4-3-5-13(14)16(17,18)19/h3-8H,9H2,1-2H3,(H,20,23). The van der Waals surface area contributed by atoms with Crippen LogP contribution in [0.2, 0.25) is 0 Å². The van der Waals surface area contributed by atoms with E-state index in [0.29, 0.717) is 11.4 Å². The third-order valence-electron chi connectivity index (χ3n) is 3.36. The molecular weight excluding hydrogens is 309 g/mol. The Balaban J connectivity index is 2.24. The summed E-state index contributed by atoms with van der Waals surface area (Å²) in [5.41, 5.74) is -0.245. The quantitative estimate of drug-likeness (QED) is 0.943. The van der Waals surface area contributed by atoms with Crippen LogP contribution in [0, 0.1) is 13.8 Å². The Morgan fingerprint density at radius 1 is 1.13 bits per heavy atom. The van der Waals surface area contributed by atoms with Crippen molar-refractivity contribution in [3.05, 3.63) is 63.6 Å². The molecule has 0 bridgehead atoms. The van der Waals surface area contributed by atoms with Gasteiger partial charge in [-0.3, -0.25) is 9.59 Å². The minimum absolute atomic E-state index is 0.176. The van der Waals surface area contributed by atoms with Gasteiger partial charge in [0.2, 0.25) is 5.91 Å². The Hall–Kier alpha value is -2.57.